The van der Waals surface area contributed by atoms with Gasteiger partial charge in [-0.2, -0.15) is 10.1 Å². The quantitative estimate of drug-likeness (QED) is 0.199. The molecule has 0 radical (unpaired) electrons. The zero-order valence-electron chi connectivity index (χ0n) is 25.3. The first kappa shape index (κ1) is 32.5. The number of aryl methyl sites for hydroxylation is 4. The maximum absolute atomic E-state index is 13.0. The lowest BCUT2D eigenvalue weighted by molar-refractivity contribution is -0.274. The van der Waals surface area contributed by atoms with Crippen LogP contribution in [0.3, 0.4) is 0 Å². The van der Waals surface area contributed by atoms with Crippen molar-refractivity contribution < 1.29 is 32.2 Å². The monoisotopic (exact) mass is 652 g/mol. The van der Waals surface area contributed by atoms with Gasteiger partial charge in [-0.1, -0.05) is 43.3 Å². The Kier molecular flexibility index (Phi) is 9.95. The van der Waals surface area contributed by atoms with Crippen molar-refractivity contribution in [2.45, 2.75) is 45.9 Å². The molecule has 3 amide bonds. The van der Waals surface area contributed by atoms with Gasteiger partial charge in [0.2, 0.25) is 5.91 Å². The lowest BCUT2D eigenvalue weighted by atomic mass is 10.0. The number of hydrogen-bond donors (Lipinski definition) is 1. The molecular formula is C32H31F3N6O4S. The first-order valence-corrected chi connectivity index (χ1v) is 15.4. The second-order valence-electron chi connectivity index (χ2n) is 10.4. The number of benzene rings is 3. The maximum Gasteiger partial charge on any atom is 0.573 e. The van der Waals surface area contributed by atoms with Crippen LogP contribution in [0, 0.1) is 6.92 Å². The number of amidine groups is 1. The van der Waals surface area contributed by atoms with E-state index in [2.05, 4.69) is 32.1 Å². The Morgan fingerprint density at radius 3 is 2.52 bits per heavy atom. The van der Waals surface area contributed by atoms with E-state index >= 15 is 0 Å². The summed E-state index contributed by atoms with van der Waals surface area (Å²) >= 11 is 1.22. The normalized spacial score (nSPS) is 14.2. The number of anilines is 2. The summed E-state index contributed by atoms with van der Waals surface area (Å²) in [6.45, 7) is 4.03. The third kappa shape index (κ3) is 8.05. The predicted molar refractivity (Wildman–Crippen MR) is 170 cm³/mol. The third-order valence-electron chi connectivity index (χ3n) is 6.99. The van der Waals surface area contributed by atoms with Crippen molar-refractivity contribution in [2.24, 2.45) is 4.99 Å². The van der Waals surface area contributed by atoms with E-state index in [-0.39, 0.29) is 17.4 Å². The molecule has 0 bridgehead atoms. The number of carbonyl (C=O) groups is 2. The zero-order chi connectivity index (χ0) is 32.8. The Hall–Kier alpha value is -4.85. The number of amides is 3. The fourth-order valence-electron chi connectivity index (χ4n) is 4.89. The van der Waals surface area contributed by atoms with Gasteiger partial charge in [0.25, 0.3) is 0 Å². The zero-order valence-corrected chi connectivity index (χ0v) is 26.1. The first-order chi connectivity index (χ1) is 22.0. The molecule has 0 saturated carbocycles. The van der Waals surface area contributed by atoms with Gasteiger partial charge < -0.3 is 14.8 Å². The molecule has 0 aliphatic carbocycles. The van der Waals surface area contributed by atoms with Gasteiger partial charge in [-0.15, -0.1) is 13.2 Å². The summed E-state index contributed by atoms with van der Waals surface area (Å²) in [7, 11) is 1.53. The van der Waals surface area contributed by atoms with Crippen LogP contribution in [0.5, 0.6) is 11.5 Å². The topological polar surface area (TPSA) is 111 Å². The van der Waals surface area contributed by atoms with E-state index in [1.54, 1.807) is 12.1 Å². The molecule has 10 nitrogen and oxygen atoms in total. The van der Waals surface area contributed by atoms with Crippen LogP contribution in [0.4, 0.5) is 29.3 Å². The molecule has 1 N–H and O–H groups in total. The predicted octanol–water partition coefficient (Wildman–Crippen LogP) is 6.89. The molecule has 1 saturated heterocycles. The fraction of sp³-hybridized carbons (Fsp3) is 0.281. The molecule has 0 atom stereocenters. The molecule has 46 heavy (non-hydrogen) atoms. The Labute approximate surface area is 267 Å². The molecule has 1 aliphatic heterocycles. The van der Waals surface area contributed by atoms with Crippen LogP contribution >= 0.6 is 11.8 Å². The highest BCUT2D eigenvalue weighted by Gasteiger charge is 2.32. The minimum absolute atomic E-state index is 0.127. The number of methoxy groups -OCH3 is 1. The Balaban J connectivity index is 1.23. The second-order valence-corrected chi connectivity index (χ2v) is 11.3. The standard InChI is InChI=1S/C32H31F3N6O4S/c1-4-5-21-7-6-20(2)16-26(21)41-29(42)18-46-31(41)38-30(43)37-23-10-8-22(27(17-23)44-3)9-15-28-36-19-40(39-28)24-11-13-25(14-12-24)45-32(33,34)35/h6-8,10-14,16-17,19H,4-5,9,15,18H2,1-3H3,(H,37,43). The molecule has 3 aromatic carbocycles. The number of nitrogens with one attached hydrogen (secondary N) is 1. The molecule has 1 aromatic heterocycles. The minimum Gasteiger partial charge on any atom is -0.496 e. The van der Waals surface area contributed by atoms with Crippen LogP contribution in [-0.2, 0) is 24.1 Å². The highest BCUT2D eigenvalue weighted by molar-refractivity contribution is 8.15. The molecule has 2 heterocycles. The van der Waals surface area contributed by atoms with E-state index in [4.69, 9.17) is 4.74 Å². The molecule has 4 aromatic rings. The van der Waals surface area contributed by atoms with E-state index in [9.17, 15) is 22.8 Å². The summed E-state index contributed by atoms with van der Waals surface area (Å²) in [6, 6.07) is 15.9. The molecule has 0 spiro atoms. The lowest BCUT2D eigenvalue weighted by Crippen LogP contribution is -2.31. The number of ether oxygens (including phenoxy) is 2. The summed E-state index contributed by atoms with van der Waals surface area (Å²) in [5.74, 6) is 0.812. The van der Waals surface area contributed by atoms with E-state index in [1.165, 1.54) is 59.0 Å². The van der Waals surface area contributed by atoms with Gasteiger partial charge >= 0.3 is 12.4 Å². The van der Waals surface area contributed by atoms with Gasteiger partial charge in [0.15, 0.2) is 11.0 Å². The summed E-state index contributed by atoms with van der Waals surface area (Å²) < 4.78 is 48.2. The van der Waals surface area contributed by atoms with E-state index in [0.717, 1.165) is 35.2 Å². The second kappa shape index (κ2) is 14.1. The number of aliphatic imine (C=N–C) groups is 1. The summed E-state index contributed by atoms with van der Waals surface area (Å²) in [5.41, 5.74) is 4.63. The first-order valence-electron chi connectivity index (χ1n) is 14.4. The number of thioether (sulfide) groups is 1. The van der Waals surface area contributed by atoms with E-state index < -0.39 is 12.4 Å². The van der Waals surface area contributed by atoms with Crippen LogP contribution in [0.1, 0.15) is 35.9 Å². The summed E-state index contributed by atoms with van der Waals surface area (Å²) in [4.78, 5) is 35.8. The highest BCUT2D eigenvalue weighted by Crippen LogP contribution is 2.32. The van der Waals surface area contributed by atoms with Crippen LogP contribution < -0.4 is 19.7 Å². The number of nitrogens with zero attached hydrogens (tertiary/aromatic N) is 5. The molecule has 0 unspecified atom stereocenters. The van der Waals surface area contributed by atoms with Crippen molar-refractivity contribution in [1.82, 2.24) is 14.8 Å². The van der Waals surface area contributed by atoms with Crippen molar-refractivity contribution in [3.63, 3.8) is 0 Å². The Morgan fingerprint density at radius 1 is 1.04 bits per heavy atom. The number of carbonyl (C=O) groups excluding carboxylic acids is 2. The molecular weight excluding hydrogens is 621 g/mol. The minimum atomic E-state index is -4.76. The van der Waals surface area contributed by atoms with Gasteiger partial charge in [-0.25, -0.2) is 14.5 Å². The van der Waals surface area contributed by atoms with Crippen molar-refractivity contribution in [3.8, 4) is 17.2 Å². The SMILES string of the molecule is CCCc1ccc(C)cc1N1C(=O)CSC1=NC(=O)Nc1ccc(CCc2ncn(-c3ccc(OC(F)(F)F)cc3)n2)c(OC)c1. The Morgan fingerprint density at radius 2 is 1.80 bits per heavy atom. The number of rotatable bonds is 10. The summed E-state index contributed by atoms with van der Waals surface area (Å²) in [5, 5.41) is 7.50. The van der Waals surface area contributed by atoms with Crippen LogP contribution in [0.15, 0.2) is 72.0 Å². The molecule has 5 rings (SSSR count). The van der Waals surface area contributed by atoms with Gasteiger partial charge in [0, 0.05) is 18.2 Å². The number of aromatic nitrogens is 3. The number of alkyl halides is 3. The number of hydrogen-bond acceptors (Lipinski definition) is 7. The highest BCUT2D eigenvalue weighted by atomic mass is 32.2. The van der Waals surface area contributed by atoms with Crippen LogP contribution in [0.25, 0.3) is 5.69 Å². The van der Waals surface area contributed by atoms with Crippen molar-refractivity contribution in [3.05, 3.63) is 89.5 Å². The fourth-order valence-corrected chi connectivity index (χ4v) is 5.75. The van der Waals surface area contributed by atoms with Crippen LogP contribution in [0.2, 0.25) is 0 Å². The van der Waals surface area contributed by atoms with Crippen LogP contribution in [-0.4, -0.2) is 51.1 Å². The van der Waals surface area contributed by atoms with Gasteiger partial charge in [-0.3, -0.25) is 9.69 Å². The smallest absolute Gasteiger partial charge is 0.496 e. The summed E-state index contributed by atoms with van der Waals surface area (Å²) in [6.07, 6.45) is -0.597. The largest absolute Gasteiger partial charge is 0.573 e. The number of halogens is 3. The van der Waals surface area contributed by atoms with Crippen molar-refractivity contribution >= 4 is 40.2 Å². The Bertz CT molecular complexity index is 1760. The van der Waals surface area contributed by atoms with Gasteiger partial charge in [-0.05, 0) is 72.9 Å². The van der Waals surface area contributed by atoms with Gasteiger partial charge in [0.1, 0.15) is 17.8 Å². The lowest BCUT2D eigenvalue weighted by Gasteiger charge is -2.20. The third-order valence-corrected chi connectivity index (χ3v) is 7.92. The van der Waals surface area contributed by atoms with Crippen molar-refractivity contribution in [1.29, 1.82) is 0 Å². The number of urea groups is 1. The average molecular weight is 653 g/mol. The van der Waals surface area contributed by atoms with E-state index in [0.29, 0.717) is 41.0 Å². The van der Waals surface area contributed by atoms with Crippen molar-refractivity contribution in [2.75, 3.05) is 23.1 Å². The average Bonchev–Trinajstić information content (AvgIpc) is 3.63. The van der Waals surface area contributed by atoms with Gasteiger partial charge in [0.05, 0.1) is 24.2 Å². The van der Waals surface area contributed by atoms with E-state index in [1.807, 2.05) is 31.2 Å². The molecule has 1 aliphatic rings. The maximum atomic E-state index is 13.0. The molecule has 240 valence electrons. The molecule has 1 fully saturated rings. The molecule has 14 heteroatoms.